The van der Waals surface area contributed by atoms with Crippen molar-refractivity contribution < 1.29 is 33.5 Å². The number of amides is 2. The summed E-state index contributed by atoms with van der Waals surface area (Å²) in [5.41, 5.74) is 0.676. The molecule has 0 aliphatic carbocycles. The van der Waals surface area contributed by atoms with Crippen LogP contribution in [-0.4, -0.2) is 52.8 Å². The van der Waals surface area contributed by atoms with Gasteiger partial charge in [-0.15, -0.1) is 0 Å². The summed E-state index contributed by atoms with van der Waals surface area (Å²) in [6.07, 6.45) is 0. The fourth-order valence-electron chi connectivity index (χ4n) is 4.80. The van der Waals surface area contributed by atoms with E-state index in [9.17, 15) is 29.3 Å². The van der Waals surface area contributed by atoms with E-state index in [4.69, 9.17) is 14.2 Å². The number of nitro groups is 1. The first-order chi connectivity index (χ1) is 19.2. The van der Waals surface area contributed by atoms with Gasteiger partial charge >= 0.3 is 10.8 Å². The number of thiazole rings is 1. The van der Waals surface area contributed by atoms with Crippen molar-refractivity contribution in [1.82, 2.24) is 4.98 Å². The second kappa shape index (κ2) is 11.1. The molecule has 12 nitrogen and oxygen atoms in total. The van der Waals surface area contributed by atoms with E-state index in [2.05, 4.69) is 4.98 Å². The Balaban J connectivity index is 1.54. The Kier molecular flexibility index (Phi) is 7.63. The Hall–Kier alpha value is -4.17. The predicted molar refractivity (Wildman–Crippen MR) is 145 cm³/mol. The zero-order chi connectivity index (χ0) is 28.6. The molecule has 2 aromatic carbocycles. The number of hydrogen-bond acceptors (Lipinski definition) is 11. The minimum atomic E-state index is -0.854. The van der Waals surface area contributed by atoms with Gasteiger partial charge in [0.2, 0.25) is 11.8 Å². The van der Waals surface area contributed by atoms with Crippen molar-refractivity contribution in [2.45, 2.75) is 30.0 Å². The molecule has 0 spiro atoms. The first kappa shape index (κ1) is 27.4. The highest BCUT2D eigenvalue weighted by molar-refractivity contribution is 8.00. The van der Waals surface area contributed by atoms with Gasteiger partial charge < -0.3 is 19.2 Å². The Morgan fingerprint density at radius 1 is 1.02 bits per heavy atom. The van der Waals surface area contributed by atoms with Crippen LogP contribution in [0.2, 0.25) is 0 Å². The summed E-state index contributed by atoms with van der Waals surface area (Å²) < 4.78 is 16.3. The van der Waals surface area contributed by atoms with E-state index in [0.29, 0.717) is 33.6 Å². The third kappa shape index (κ3) is 4.95. The summed E-state index contributed by atoms with van der Waals surface area (Å²) in [4.78, 5) is 66.2. The summed E-state index contributed by atoms with van der Waals surface area (Å²) in [5, 5.41) is 10.8. The minimum Gasteiger partial charge on any atom is -0.490 e. The van der Waals surface area contributed by atoms with Crippen LogP contribution < -0.4 is 19.2 Å². The molecule has 5 rings (SSSR count). The van der Waals surface area contributed by atoms with E-state index in [1.165, 1.54) is 24.3 Å². The van der Waals surface area contributed by atoms with Crippen LogP contribution in [0.15, 0.2) is 52.3 Å². The molecule has 3 unspecified atom stereocenters. The van der Waals surface area contributed by atoms with Crippen LogP contribution in [-0.2, 0) is 19.1 Å². The molecule has 2 amide bonds. The molecular formula is C26H23N3O9S2. The number of nitrogens with one attached hydrogen (secondary N) is 1. The highest BCUT2D eigenvalue weighted by atomic mass is 32.2. The molecule has 1 N–H and O–H groups in total. The number of benzene rings is 2. The normalized spacial score (nSPS) is 19.6. The molecule has 2 aliphatic rings. The molecular weight excluding hydrogens is 562 g/mol. The number of carbonyl (C=O) groups is 3. The van der Waals surface area contributed by atoms with Crippen LogP contribution >= 0.6 is 23.1 Å². The average Bonchev–Trinajstić information content (AvgIpc) is 3.42. The SMILES string of the molecule is CCOC(=O)COc1ccc(C2c3sc(=O)[nH]c3SC3C(=O)N(c4ccc([N+](=O)[O-])cc4)C(=O)C32)cc1OCC. The van der Waals surface area contributed by atoms with Gasteiger partial charge in [-0.25, -0.2) is 9.69 Å². The number of non-ortho nitro benzene ring substituents is 1. The molecule has 14 heteroatoms. The van der Waals surface area contributed by atoms with Crippen molar-refractivity contribution >= 4 is 52.3 Å². The highest BCUT2D eigenvalue weighted by Gasteiger charge is 2.56. The van der Waals surface area contributed by atoms with Gasteiger partial charge in [-0.1, -0.05) is 29.2 Å². The van der Waals surface area contributed by atoms with Crippen LogP contribution in [0.3, 0.4) is 0 Å². The van der Waals surface area contributed by atoms with E-state index in [0.717, 1.165) is 28.0 Å². The first-order valence-electron chi connectivity index (χ1n) is 12.3. The zero-order valence-electron chi connectivity index (χ0n) is 21.3. The number of rotatable bonds is 9. The number of imide groups is 1. The minimum absolute atomic E-state index is 0.166. The Bertz CT molecular complexity index is 1550. The lowest BCUT2D eigenvalue weighted by molar-refractivity contribution is -0.384. The highest BCUT2D eigenvalue weighted by Crippen LogP contribution is 2.53. The van der Waals surface area contributed by atoms with Crippen LogP contribution in [0.4, 0.5) is 11.4 Å². The Morgan fingerprint density at radius 3 is 2.45 bits per heavy atom. The molecule has 0 saturated carbocycles. The standard InChI is InChI=1S/C26H23N3O9S2/c1-3-36-17-11-13(5-10-16(17)38-12-18(30)37-4-2)19-20-22(39-23-21(19)40-26(33)27-23)25(32)28(24(20)31)14-6-8-15(9-7-14)29(34)35/h5-11,19-20,22H,3-4,12H2,1-2H3,(H,27,33). The smallest absolute Gasteiger partial charge is 0.344 e. The monoisotopic (exact) mass is 585 g/mol. The number of fused-ring (bicyclic) bond motifs is 2. The van der Waals surface area contributed by atoms with Gasteiger partial charge in [-0.2, -0.15) is 0 Å². The van der Waals surface area contributed by atoms with E-state index < -0.39 is 39.8 Å². The lowest BCUT2D eigenvalue weighted by Crippen LogP contribution is -2.32. The number of nitro benzene ring substituents is 1. The van der Waals surface area contributed by atoms with Crippen molar-refractivity contribution in [3.63, 3.8) is 0 Å². The van der Waals surface area contributed by atoms with Gasteiger partial charge in [0.1, 0.15) is 5.25 Å². The van der Waals surface area contributed by atoms with Crippen molar-refractivity contribution in [2.75, 3.05) is 24.7 Å². The molecule has 0 bridgehead atoms. The molecule has 3 heterocycles. The van der Waals surface area contributed by atoms with Crippen molar-refractivity contribution in [3.8, 4) is 11.5 Å². The van der Waals surface area contributed by atoms with E-state index in [1.54, 1.807) is 32.0 Å². The van der Waals surface area contributed by atoms with Crippen LogP contribution in [0.1, 0.15) is 30.2 Å². The number of aromatic nitrogens is 1. The van der Waals surface area contributed by atoms with Gasteiger partial charge in [0.15, 0.2) is 18.1 Å². The predicted octanol–water partition coefficient (Wildman–Crippen LogP) is 3.48. The molecule has 2 aliphatic heterocycles. The number of ether oxygens (including phenoxy) is 3. The number of anilines is 1. The molecule has 3 aromatic rings. The molecule has 1 fully saturated rings. The van der Waals surface area contributed by atoms with Crippen molar-refractivity contribution in [3.05, 3.63) is 72.7 Å². The maximum absolute atomic E-state index is 13.9. The quantitative estimate of drug-likeness (QED) is 0.171. The van der Waals surface area contributed by atoms with Crippen molar-refractivity contribution in [2.24, 2.45) is 5.92 Å². The second-order valence-corrected chi connectivity index (χ2v) is 10.9. The Labute approximate surface area is 235 Å². The third-order valence-electron chi connectivity index (χ3n) is 6.42. The van der Waals surface area contributed by atoms with E-state index >= 15 is 0 Å². The Morgan fingerprint density at radius 2 is 1.77 bits per heavy atom. The van der Waals surface area contributed by atoms with E-state index in [1.807, 2.05) is 0 Å². The van der Waals surface area contributed by atoms with Gasteiger partial charge in [-0.05, 0) is 43.7 Å². The van der Waals surface area contributed by atoms with Crippen LogP contribution in [0.25, 0.3) is 0 Å². The molecule has 3 atom stereocenters. The zero-order valence-corrected chi connectivity index (χ0v) is 22.9. The fraction of sp³-hybridized carbons (Fsp3) is 0.308. The average molecular weight is 586 g/mol. The van der Waals surface area contributed by atoms with Gasteiger partial charge in [0.05, 0.1) is 34.8 Å². The summed E-state index contributed by atoms with van der Waals surface area (Å²) >= 11 is 2.09. The van der Waals surface area contributed by atoms with Gasteiger partial charge in [0.25, 0.3) is 5.69 Å². The number of carbonyl (C=O) groups excluding carboxylic acids is 3. The van der Waals surface area contributed by atoms with Gasteiger partial charge in [0, 0.05) is 22.9 Å². The van der Waals surface area contributed by atoms with Gasteiger partial charge in [-0.3, -0.25) is 24.5 Å². The molecule has 208 valence electrons. The summed E-state index contributed by atoms with van der Waals surface area (Å²) in [6.45, 7) is 3.66. The second-order valence-electron chi connectivity index (χ2n) is 8.77. The largest absolute Gasteiger partial charge is 0.490 e. The number of nitrogens with zero attached hydrogens (tertiary/aromatic N) is 2. The molecule has 40 heavy (non-hydrogen) atoms. The topological polar surface area (TPSA) is 158 Å². The fourth-order valence-corrected chi connectivity index (χ4v) is 7.31. The molecule has 1 aromatic heterocycles. The maximum atomic E-state index is 13.9. The summed E-state index contributed by atoms with van der Waals surface area (Å²) in [7, 11) is 0. The van der Waals surface area contributed by atoms with Crippen molar-refractivity contribution in [1.29, 1.82) is 0 Å². The van der Waals surface area contributed by atoms with Crippen LogP contribution in [0.5, 0.6) is 11.5 Å². The van der Waals surface area contributed by atoms with E-state index in [-0.39, 0.29) is 29.5 Å². The number of aromatic amines is 1. The lowest BCUT2D eigenvalue weighted by atomic mass is 9.83. The molecule has 1 saturated heterocycles. The summed E-state index contributed by atoms with van der Waals surface area (Å²) in [5.74, 6) is -2.39. The maximum Gasteiger partial charge on any atom is 0.344 e. The third-order valence-corrected chi connectivity index (χ3v) is 8.82. The number of thioether (sulfide) groups is 1. The lowest BCUT2D eigenvalue weighted by Gasteiger charge is -2.30. The van der Waals surface area contributed by atoms with Crippen LogP contribution in [0, 0.1) is 16.0 Å². The summed E-state index contributed by atoms with van der Waals surface area (Å²) in [6, 6.07) is 10.2. The molecule has 0 radical (unpaired) electrons. The number of H-pyrrole nitrogens is 1. The number of esters is 1. The number of hydrogen-bond donors (Lipinski definition) is 1. The first-order valence-corrected chi connectivity index (χ1v) is 14.0.